The summed E-state index contributed by atoms with van der Waals surface area (Å²) < 4.78 is 16.1. The number of hydrogen-bond donors (Lipinski definition) is 1. The van der Waals surface area contributed by atoms with Gasteiger partial charge in [0.2, 0.25) is 5.91 Å². The highest BCUT2D eigenvalue weighted by molar-refractivity contribution is 6.33. The molecule has 0 spiro atoms. The molecule has 0 radical (unpaired) electrons. The maximum Gasteiger partial charge on any atom is 0.227 e. The molecule has 1 aliphatic rings. The fourth-order valence-corrected chi connectivity index (χ4v) is 5.22. The van der Waals surface area contributed by atoms with E-state index in [1.54, 1.807) is 12.1 Å². The van der Waals surface area contributed by atoms with Gasteiger partial charge in [-0.2, -0.15) is 0 Å². The zero-order valence-electron chi connectivity index (χ0n) is 19.8. The van der Waals surface area contributed by atoms with Crippen LogP contribution in [0.5, 0.6) is 0 Å². The number of halogens is 2. The summed E-state index contributed by atoms with van der Waals surface area (Å²) in [4.78, 5) is 15.3. The van der Waals surface area contributed by atoms with Gasteiger partial charge in [-0.25, -0.2) is 4.39 Å². The second-order valence-electron chi connectivity index (χ2n) is 9.43. The van der Waals surface area contributed by atoms with Crippen LogP contribution in [-0.4, -0.2) is 28.5 Å². The predicted molar refractivity (Wildman–Crippen MR) is 140 cm³/mol. The van der Waals surface area contributed by atoms with Crippen LogP contribution >= 0.6 is 11.6 Å². The number of carbonyl (C=O) groups excluding carboxylic acids is 1. The van der Waals surface area contributed by atoms with Crippen LogP contribution in [0.4, 0.5) is 10.1 Å². The highest BCUT2D eigenvalue weighted by Crippen LogP contribution is 2.27. The number of anilines is 1. The van der Waals surface area contributed by atoms with Gasteiger partial charge >= 0.3 is 0 Å². The number of aromatic nitrogens is 1. The quantitative estimate of drug-likeness (QED) is 0.329. The second-order valence-corrected chi connectivity index (χ2v) is 9.84. The SMILES string of the molecule is Cc1ccc(NC(=O)C2CCN(Cc3cc4ccccc4n3Cc3cccc(F)c3)CC2)c(Cl)c1. The second kappa shape index (κ2) is 10.2. The first-order valence-electron chi connectivity index (χ1n) is 12.1. The van der Waals surface area contributed by atoms with Crippen LogP contribution in [0, 0.1) is 18.7 Å². The minimum absolute atomic E-state index is 0.0261. The number of nitrogens with zero attached hydrogens (tertiary/aromatic N) is 2. The molecule has 1 aromatic heterocycles. The van der Waals surface area contributed by atoms with Crippen molar-refractivity contribution in [3.63, 3.8) is 0 Å². The largest absolute Gasteiger partial charge is 0.339 e. The molecule has 6 heteroatoms. The summed E-state index contributed by atoms with van der Waals surface area (Å²) in [5.74, 6) is -0.204. The van der Waals surface area contributed by atoms with E-state index in [4.69, 9.17) is 11.6 Å². The molecule has 1 fully saturated rings. The summed E-state index contributed by atoms with van der Waals surface area (Å²) >= 11 is 6.29. The molecule has 1 amide bonds. The van der Waals surface area contributed by atoms with Gasteiger partial charge < -0.3 is 9.88 Å². The molecule has 0 saturated carbocycles. The van der Waals surface area contributed by atoms with Crippen molar-refractivity contribution < 1.29 is 9.18 Å². The molecule has 0 atom stereocenters. The lowest BCUT2D eigenvalue weighted by atomic mass is 9.95. The summed E-state index contributed by atoms with van der Waals surface area (Å²) in [7, 11) is 0. The fraction of sp³-hybridized carbons (Fsp3) is 0.276. The highest BCUT2D eigenvalue weighted by atomic mass is 35.5. The molecule has 0 aliphatic carbocycles. The maximum atomic E-state index is 13.8. The number of amides is 1. The molecule has 5 rings (SSSR count). The van der Waals surface area contributed by atoms with Crippen molar-refractivity contribution in [2.75, 3.05) is 18.4 Å². The molecular formula is C29H29ClFN3O. The van der Waals surface area contributed by atoms with Gasteiger partial charge in [0.15, 0.2) is 0 Å². The van der Waals surface area contributed by atoms with E-state index in [0.29, 0.717) is 17.3 Å². The van der Waals surface area contributed by atoms with Crippen molar-refractivity contribution in [2.45, 2.75) is 32.9 Å². The minimum Gasteiger partial charge on any atom is -0.339 e. The Labute approximate surface area is 210 Å². The zero-order valence-corrected chi connectivity index (χ0v) is 20.6. The van der Waals surface area contributed by atoms with E-state index >= 15 is 0 Å². The Bertz CT molecular complexity index is 1360. The number of rotatable bonds is 6. The predicted octanol–water partition coefficient (Wildman–Crippen LogP) is 6.64. The molecule has 0 unspecified atom stereocenters. The maximum absolute atomic E-state index is 13.8. The lowest BCUT2D eigenvalue weighted by molar-refractivity contribution is -0.121. The Kier molecular flexibility index (Phi) is 6.89. The van der Waals surface area contributed by atoms with Crippen LogP contribution in [0.15, 0.2) is 72.8 Å². The molecular weight excluding hydrogens is 461 g/mol. The van der Waals surface area contributed by atoms with Gasteiger partial charge in [-0.15, -0.1) is 0 Å². The van der Waals surface area contributed by atoms with Crippen molar-refractivity contribution in [1.29, 1.82) is 0 Å². The van der Waals surface area contributed by atoms with Gasteiger partial charge in [-0.1, -0.05) is 48.0 Å². The third-order valence-corrected chi connectivity index (χ3v) is 7.17. The average molecular weight is 490 g/mol. The van der Waals surface area contributed by atoms with E-state index in [2.05, 4.69) is 33.0 Å². The molecule has 3 aromatic carbocycles. The smallest absolute Gasteiger partial charge is 0.227 e. The Hall–Kier alpha value is -3.15. The van der Waals surface area contributed by atoms with Crippen LogP contribution in [0.3, 0.4) is 0 Å². The van der Waals surface area contributed by atoms with E-state index in [1.807, 2.05) is 43.3 Å². The van der Waals surface area contributed by atoms with Gasteiger partial charge in [0.25, 0.3) is 0 Å². The van der Waals surface area contributed by atoms with Crippen LogP contribution < -0.4 is 5.32 Å². The lowest BCUT2D eigenvalue weighted by Crippen LogP contribution is -2.38. The van der Waals surface area contributed by atoms with E-state index in [1.165, 1.54) is 17.1 Å². The van der Waals surface area contributed by atoms with Crippen molar-refractivity contribution in [1.82, 2.24) is 9.47 Å². The van der Waals surface area contributed by atoms with Crippen molar-refractivity contribution >= 4 is 34.1 Å². The number of para-hydroxylation sites is 1. The molecule has 4 aromatic rings. The van der Waals surface area contributed by atoms with Crippen molar-refractivity contribution in [2.24, 2.45) is 5.92 Å². The Balaban J connectivity index is 1.26. The van der Waals surface area contributed by atoms with E-state index in [-0.39, 0.29) is 17.6 Å². The number of benzene rings is 3. The standard InChI is InChI=1S/C29H29ClFN3O/c1-20-9-10-27(26(30)15-20)32-29(35)22-11-13-33(14-12-22)19-25-17-23-6-2-3-8-28(23)34(25)18-21-5-4-7-24(31)16-21/h2-10,15-17,22H,11-14,18-19H2,1H3,(H,32,35). The molecule has 4 nitrogen and oxygen atoms in total. The molecule has 180 valence electrons. The summed E-state index contributed by atoms with van der Waals surface area (Å²) in [5, 5.41) is 4.76. The number of hydrogen-bond acceptors (Lipinski definition) is 2. The fourth-order valence-electron chi connectivity index (χ4n) is 4.94. The molecule has 0 bridgehead atoms. The lowest BCUT2D eigenvalue weighted by Gasteiger charge is -2.31. The first kappa shape index (κ1) is 23.6. The average Bonchev–Trinajstić information content (AvgIpc) is 3.18. The third kappa shape index (κ3) is 5.42. The Morgan fingerprint density at radius 3 is 2.57 bits per heavy atom. The topological polar surface area (TPSA) is 37.3 Å². The molecule has 2 heterocycles. The van der Waals surface area contributed by atoms with Crippen LogP contribution in [0.2, 0.25) is 5.02 Å². The van der Waals surface area contributed by atoms with Crippen LogP contribution in [0.25, 0.3) is 10.9 Å². The molecule has 1 saturated heterocycles. The van der Waals surface area contributed by atoms with E-state index in [0.717, 1.165) is 49.1 Å². The van der Waals surface area contributed by atoms with E-state index in [9.17, 15) is 9.18 Å². The van der Waals surface area contributed by atoms with E-state index < -0.39 is 0 Å². The number of likely N-dealkylation sites (tertiary alicyclic amines) is 1. The monoisotopic (exact) mass is 489 g/mol. The summed E-state index contributed by atoms with van der Waals surface area (Å²) in [6.07, 6.45) is 1.61. The first-order valence-corrected chi connectivity index (χ1v) is 12.4. The highest BCUT2D eigenvalue weighted by Gasteiger charge is 2.26. The Morgan fingerprint density at radius 2 is 1.80 bits per heavy atom. The van der Waals surface area contributed by atoms with Gasteiger partial charge in [0.05, 0.1) is 10.7 Å². The minimum atomic E-state index is -0.215. The van der Waals surface area contributed by atoms with Crippen molar-refractivity contribution in [3.05, 3.63) is 100 Å². The zero-order chi connectivity index (χ0) is 24.4. The molecule has 1 N–H and O–H groups in total. The van der Waals surface area contributed by atoms with Gasteiger partial charge in [-0.05, 0) is 85.8 Å². The summed E-state index contributed by atoms with van der Waals surface area (Å²) in [6.45, 7) is 5.09. The van der Waals surface area contributed by atoms with Gasteiger partial charge in [-0.3, -0.25) is 9.69 Å². The molecule has 1 aliphatic heterocycles. The third-order valence-electron chi connectivity index (χ3n) is 6.85. The number of carbonyl (C=O) groups is 1. The molecule has 35 heavy (non-hydrogen) atoms. The Morgan fingerprint density at radius 1 is 1.00 bits per heavy atom. The number of piperidine rings is 1. The van der Waals surface area contributed by atoms with Gasteiger partial charge in [0.1, 0.15) is 5.82 Å². The van der Waals surface area contributed by atoms with Crippen LogP contribution in [-0.2, 0) is 17.9 Å². The number of aryl methyl sites for hydroxylation is 1. The number of nitrogens with one attached hydrogen (secondary N) is 1. The van der Waals surface area contributed by atoms with Gasteiger partial charge in [0, 0.05) is 30.2 Å². The van der Waals surface area contributed by atoms with Crippen LogP contribution in [0.1, 0.15) is 29.7 Å². The number of fused-ring (bicyclic) bond motifs is 1. The summed E-state index contributed by atoms with van der Waals surface area (Å²) in [6, 6.07) is 23.0. The first-order chi connectivity index (χ1) is 17.0. The normalized spacial score (nSPS) is 14.9. The van der Waals surface area contributed by atoms with Crippen molar-refractivity contribution in [3.8, 4) is 0 Å². The summed E-state index contributed by atoms with van der Waals surface area (Å²) in [5.41, 5.74) is 5.03.